The second kappa shape index (κ2) is 6.51. The van der Waals surface area contributed by atoms with Gasteiger partial charge in [0.2, 0.25) is 0 Å². The third-order valence-electron chi connectivity index (χ3n) is 3.06. The Morgan fingerprint density at radius 3 is 2.90 bits per heavy atom. The summed E-state index contributed by atoms with van der Waals surface area (Å²) >= 11 is 5.61. The van der Waals surface area contributed by atoms with Crippen LogP contribution in [0.25, 0.3) is 0 Å². The van der Waals surface area contributed by atoms with Gasteiger partial charge in [0.15, 0.2) is 9.84 Å². The lowest BCUT2D eigenvalue weighted by atomic mass is 10.1. The van der Waals surface area contributed by atoms with Gasteiger partial charge in [-0.1, -0.05) is 17.9 Å². The molecule has 5 heteroatoms. The Labute approximate surface area is 125 Å². The fraction of sp³-hybridized carbons (Fsp3) is 0.467. The quantitative estimate of drug-likeness (QED) is 0.636. The molecule has 0 saturated carbocycles. The van der Waals surface area contributed by atoms with E-state index in [4.69, 9.17) is 16.3 Å². The number of hydrogen-bond acceptors (Lipinski definition) is 3. The molecule has 0 bridgehead atoms. The molecule has 1 aromatic carbocycles. The van der Waals surface area contributed by atoms with Crippen LogP contribution in [0.3, 0.4) is 0 Å². The van der Waals surface area contributed by atoms with Crippen LogP contribution in [-0.2, 0) is 9.84 Å². The van der Waals surface area contributed by atoms with Crippen molar-refractivity contribution in [3.05, 3.63) is 29.3 Å². The molecule has 1 aromatic rings. The van der Waals surface area contributed by atoms with Crippen molar-refractivity contribution in [2.45, 2.75) is 25.9 Å². The van der Waals surface area contributed by atoms with Crippen LogP contribution in [0.4, 0.5) is 0 Å². The molecule has 0 aliphatic carbocycles. The minimum Gasteiger partial charge on any atom is -0.488 e. The van der Waals surface area contributed by atoms with Crippen LogP contribution in [0.1, 0.15) is 24.0 Å². The van der Waals surface area contributed by atoms with E-state index in [0.29, 0.717) is 24.5 Å². The van der Waals surface area contributed by atoms with Gasteiger partial charge < -0.3 is 4.74 Å². The maximum Gasteiger partial charge on any atom is 0.154 e. The molecule has 1 aliphatic heterocycles. The molecule has 2 rings (SSSR count). The summed E-state index contributed by atoms with van der Waals surface area (Å²) in [5, 5.41) is 0. The van der Waals surface area contributed by atoms with Gasteiger partial charge in [-0.2, -0.15) is 0 Å². The fourth-order valence-electron chi connectivity index (χ4n) is 2.08. The van der Waals surface area contributed by atoms with Crippen molar-refractivity contribution < 1.29 is 13.2 Å². The van der Waals surface area contributed by atoms with Crippen LogP contribution in [0.15, 0.2) is 18.2 Å². The number of ether oxygens (including phenoxy) is 1. The highest BCUT2D eigenvalue weighted by atomic mass is 35.5. The first-order valence-corrected chi connectivity index (χ1v) is 8.88. The Bertz CT molecular complexity index is 641. The standard InChI is InChI=1S/C15H17ClO3S/c1-12-5-6-15(13(10-12)4-2-3-8-16)19-14-7-9-20(17,18)11-14/h5-6,10,14H,3,7-9,11H2,1H3. The van der Waals surface area contributed by atoms with E-state index in [9.17, 15) is 8.42 Å². The predicted octanol–water partition coefficient (Wildman–Crippen LogP) is 2.54. The summed E-state index contributed by atoms with van der Waals surface area (Å²) in [5.74, 6) is 7.47. The van der Waals surface area contributed by atoms with E-state index in [-0.39, 0.29) is 17.6 Å². The van der Waals surface area contributed by atoms with E-state index in [0.717, 1.165) is 11.1 Å². The van der Waals surface area contributed by atoms with Gasteiger partial charge in [-0.15, -0.1) is 11.6 Å². The zero-order chi connectivity index (χ0) is 14.6. The van der Waals surface area contributed by atoms with Crippen molar-refractivity contribution in [3.63, 3.8) is 0 Å². The Kier molecular flexibility index (Phi) is 4.95. The zero-order valence-corrected chi connectivity index (χ0v) is 12.9. The number of rotatable bonds is 3. The van der Waals surface area contributed by atoms with Crippen molar-refractivity contribution in [2.24, 2.45) is 0 Å². The van der Waals surface area contributed by atoms with E-state index in [1.165, 1.54) is 0 Å². The van der Waals surface area contributed by atoms with Crippen molar-refractivity contribution in [2.75, 3.05) is 17.4 Å². The SMILES string of the molecule is Cc1ccc(OC2CCS(=O)(=O)C2)c(C#CCCCl)c1. The van der Waals surface area contributed by atoms with Gasteiger partial charge in [-0.05, 0) is 31.0 Å². The van der Waals surface area contributed by atoms with Crippen molar-refractivity contribution >= 4 is 21.4 Å². The summed E-state index contributed by atoms with van der Waals surface area (Å²) in [4.78, 5) is 0. The van der Waals surface area contributed by atoms with Crippen molar-refractivity contribution in [1.29, 1.82) is 0 Å². The minimum absolute atomic E-state index is 0.0927. The number of benzene rings is 1. The summed E-state index contributed by atoms with van der Waals surface area (Å²) in [6, 6.07) is 5.73. The number of aryl methyl sites for hydroxylation is 1. The molecule has 3 nitrogen and oxygen atoms in total. The molecule has 20 heavy (non-hydrogen) atoms. The Balaban J connectivity index is 2.17. The van der Waals surface area contributed by atoms with E-state index in [1.807, 2.05) is 25.1 Å². The largest absolute Gasteiger partial charge is 0.488 e. The van der Waals surface area contributed by atoms with E-state index >= 15 is 0 Å². The second-order valence-corrected chi connectivity index (χ2v) is 7.49. The predicted molar refractivity (Wildman–Crippen MR) is 81.1 cm³/mol. The van der Waals surface area contributed by atoms with Crippen LogP contribution in [0, 0.1) is 18.8 Å². The van der Waals surface area contributed by atoms with Crippen LogP contribution < -0.4 is 4.74 Å². The van der Waals surface area contributed by atoms with Crippen molar-refractivity contribution in [3.8, 4) is 17.6 Å². The highest BCUT2D eigenvalue weighted by Crippen LogP contribution is 2.24. The first-order valence-electron chi connectivity index (χ1n) is 6.53. The van der Waals surface area contributed by atoms with Gasteiger partial charge >= 0.3 is 0 Å². The molecular weight excluding hydrogens is 296 g/mol. The summed E-state index contributed by atoms with van der Waals surface area (Å²) in [5.41, 5.74) is 1.88. The molecular formula is C15H17ClO3S. The topological polar surface area (TPSA) is 43.4 Å². The first kappa shape index (κ1) is 15.2. The Hall–Kier alpha value is -1.18. The molecule has 0 N–H and O–H groups in total. The lowest BCUT2D eigenvalue weighted by Gasteiger charge is -2.14. The molecule has 1 saturated heterocycles. The fourth-order valence-corrected chi connectivity index (χ4v) is 3.77. The number of halogens is 1. The second-order valence-electron chi connectivity index (χ2n) is 4.88. The van der Waals surface area contributed by atoms with Crippen molar-refractivity contribution in [1.82, 2.24) is 0 Å². The minimum atomic E-state index is -2.94. The van der Waals surface area contributed by atoms with Gasteiger partial charge in [-0.25, -0.2) is 8.42 Å². The van der Waals surface area contributed by atoms with Gasteiger partial charge in [0.05, 0.1) is 17.1 Å². The third kappa shape index (κ3) is 4.16. The molecule has 0 spiro atoms. The summed E-state index contributed by atoms with van der Waals surface area (Å²) in [7, 11) is -2.94. The smallest absolute Gasteiger partial charge is 0.154 e. The monoisotopic (exact) mass is 312 g/mol. The van der Waals surface area contributed by atoms with Crippen LogP contribution in [0.5, 0.6) is 5.75 Å². The van der Waals surface area contributed by atoms with Crippen LogP contribution in [0.2, 0.25) is 0 Å². The molecule has 1 heterocycles. The average Bonchev–Trinajstić information content (AvgIpc) is 2.72. The highest BCUT2D eigenvalue weighted by molar-refractivity contribution is 7.91. The molecule has 1 atom stereocenters. The molecule has 1 fully saturated rings. The van der Waals surface area contributed by atoms with Gasteiger partial charge in [0.25, 0.3) is 0 Å². The summed E-state index contributed by atoms with van der Waals surface area (Å²) < 4.78 is 28.7. The van der Waals surface area contributed by atoms with Gasteiger partial charge in [0.1, 0.15) is 11.9 Å². The maximum atomic E-state index is 11.5. The summed E-state index contributed by atoms with van der Waals surface area (Å²) in [6.07, 6.45) is 0.897. The van der Waals surface area contributed by atoms with E-state index in [1.54, 1.807) is 0 Å². The molecule has 1 aliphatic rings. The lowest BCUT2D eigenvalue weighted by Crippen LogP contribution is -2.18. The highest BCUT2D eigenvalue weighted by Gasteiger charge is 2.29. The first-order chi connectivity index (χ1) is 9.50. The third-order valence-corrected chi connectivity index (χ3v) is 4.99. The number of hydrogen-bond donors (Lipinski definition) is 0. The van der Waals surface area contributed by atoms with Crippen LogP contribution >= 0.6 is 11.6 Å². The summed E-state index contributed by atoms with van der Waals surface area (Å²) in [6.45, 7) is 1.98. The van der Waals surface area contributed by atoms with Gasteiger partial charge in [0, 0.05) is 12.3 Å². The van der Waals surface area contributed by atoms with E-state index in [2.05, 4.69) is 11.8 Å². The lowest BCUT2D eigenvalue weighted by molar-refractivity contribution is 0.228. The van der Waals surface area contributed by atoms with Crippen LogP contribution in [-0.4, -0.2) is 31.9 Å². The molecule has 0 amide bonds. The molecule has 108 valence electrons. The number of alkyl halides is 1. The molecule has 0 aromatic heterocycles. The Morgan fingerprint density at radius 1 is 1.45 bits per heavy atom. The molecule has 1 unspecified atom stereocenters. The van der Waals surface area contributed by atoms with Gasteiger partial charge in [-0.3, -0.25) is 0 Å². The van der Waals surface area contributed by atoms with E-state index < -0.39 is 9.84 Å². The molecule has 0 radical (unpaired) electrons. The zero-order valence-electron chi connectivity index (χ0n) is 11.4. The maximum absolute atomic E-state index is 11.5. The number of sulfone groups is 1. The Morgan fingerprint density at radius 2 is 2.25 bits per heavy atom. The normalized spacial score (nSPS) is 20.2. The average molecular weight is 313 g/mol.